The topological polar surface area (TPSA) is 92.8 Å². The summed E-state index contributed by atoms with van der Waals surface area (Å²) in [6.07, 6.45) is 8.35. The lowest BCUT2D eigenvalue weighted by atomic mass is 10.1. The summed E-state index contributed by atoms with van der Waals surface area (Å²) in [5, 5.41) is 9.32. The van der Waals surface area contributed by atoms with Gasteiger partial charge in [0.05, 0.1) is 31.0 Å². The fourth-order valence-electron chi connectivity index (χ4n) is 4.55. The molecular weight excluding hydrogens is 562 g/mol. The number of nitrogens with zero attached hydrogens (tertiary/aromatic N) is 5. The van der Waals surface area contributed by atoms with Gasteiger partial charge in [-0.1, -0.05) is 48.6 Å². The van der Waals surface area contributed by atoms with Crippen LogP contribution in [0.25, 0.3) is 40.1 Å². The van der Waals surface area contributed by atoms with E-state index in [-0.39, 0.29) is 5.56 Å². The monoisotopic (exact) mass is 591 g/mol. The zero-order valence-corrected chi connectivity index (χ0v) is 24.7. The minimum Gasteiger partial charge on any atom is -0.494 e. The largest absolute Gasteiger partial charge is 0.494 e. The van der Waals surface area contributed by atoms with Gasteiger partial charge in [-0.3, -0.25) is 4.79 Å². The Morgan fingerprint density at radius 2 is 1.70 bits per heavy atom. The van der Waals surface area contributed by atoms with Gasteiger partial charge in [-0.15, -0.1) is 5.10 Å². The molecule has 0 bridgehead atoms. The van der Waals surface area contributed by atoms with Gasteiger partial charge in [0.2, 0.25) is 4.96 Å². The second-order valence-corrected chi connectivity index (χ2v) is 10.6. The van der Waals surface area contributed by atoms with Gasteiger partial charge in [-0.25, -0.2) is 4.68 Å². The molecule has 3 aromatic heterocycles. The Bertz CT molecular complexity index is 2010. The normalized spacial score (nSPS) is 11.9. The Morgan fingerprint density at radius 3 is 2.42 bits per heavy atom. The van der Waals surface area contributed by atoms with Crippen LogP contribution in [0.5, 0.6) is 17.2 Å². The lowest BCUT2D eigenvalue weighted by molar-refractivity contribution is 0.317. The second-order valence-electron chi connectivity index (χ2n) is 9.61. The number of benzene rings is 3. The van der Waals surface area contributed by atoms with Gasteiger partial charge in [0.1, 0.15) is 11.4 Å². The molecule has 43 heavy (non-hydrogen) atoms. The van der Waals surface area contributed by atoms with Crippen LogP contribution in [0.3, 0.4) is 0 Å². The number of fused-ring (bicyclic) bond motifs is 1. The number of para-hydroxylation sites is 1. The Morgan fingerprint density at radius 1 is 0.907 bits per heavy atom. The molecule has 6 aromatic rings. The number of hydrogen-bond donors (Lipinski definition) is 0. The van der Waals surface area contributed by atoms with Crippen molar-refractivity contribution in [2.75, 3.05) is 20.8 Å². The van der Waals surface area contributed by atoms with Crippen LogP contribution in [0.4, 0.5) is 0 Å². The summed E-state index contributed by atoms with van der Waals surface area (Å²) in [5.41, 5.74) is 4.05. The van der Waals surface area contributed by atoms with E-state index < -0.39 is 0 Å². The van der Waals surface area contributed by atoms with E-state index in [1.54, 1.807) is 20.3 Å². The second kappa shape index (κ2) is 12.3. The first-order valence-corrected chi connectivity index (χ1v) is 14.6. The van der Waals surface area contributed by atoms with Gasteiger partial charge >= 0.3 is 0 Å². The maximum absolute atomic E-state index is 13.4. The molecule has 9 nitrogen and oxygen atoms in total. The van der Waals surface area contributed by atoms with Crippen LogP contribution in [-0.2, 0) is 0 Å². The van der Waals surface area contributed by atoms with Crippen molar-refractivity contribution in [3.05, 3.63) is 111 Å². The lowest BCUT2D eigenvalue weighted by Gasteiger charge is -2.07. The van der Waals surface area contributed by atoms with Crippen LogP contribution in [-0.4, -0.2) is 45.2 Å². The number of ether oxygens (including phenoxy) is 3. The molecule has 0 saturated carbocycles. The van der Waals surface area contributed by atoms with E-state index in [1.807, 2.05) is 95.8 Å². The SMILES string of the molecule is CCCOc1ccc(-c2nn(-c3ccccc3)cc2/C=c2\sc3nc(/C=C/c4ccc(OC)c(OC)c4)nn3c2=O)cc1. The highest BCUT2D eigenvalue weighted by Gasteiger charge is 2.14. The molecule has 0 amide bonds. The fraction of sp³-hybridized carbons (Fsp3) is 0.152. The maximum Gasteiger partial charge on any atom is 0.291 e. The minimum atomic E-state index is -0.236. The molecule has 0 aliphatic rings. The number of aromatic nitrogens is 5. The van der Waals surface area contributed by atoms with E-state index >= 15 is 0 Å². The zero-order chi connectivity index (χ0) is 29.8. The molecule has 3 aromatic carbocycles. The molecule has 0 saturated heterocycles. The Hall–Kier alpha value is -5.22. The predicted octanol–water partition coefficient (Wildman–Crippen LogP) is 5.53. The molecule has 6 rings (SSSR count). The Kier molecular flexibility index (Phi) is 8.01. The summed E-state index contributed by atoms with van der Waals surface area (Å²) in [6.45, 7) is 2.74. The number of thiazole rings is 1. The average Bonchev–Trinajstić information content (AvgIpc) is 3.74. The third kappa shape index (κ3) is 5.91. The van der Waals surface area contributed by atoms with Gasteiger partial charge < -0.3 is 14.2 Å². The van der Waals surface area contributed by atoms with Crippen molar-refractivity contribution in [1.29, 1.82) is 0 Å². The van der Waals surface area contributed by atoms with Crippen LogP contribution < -0.4 is 24.3 Å². The third-order valence-corrected chi connectivity index (χ3v) is 7.64. The van der Waals surface area contributed by atoms with Crippen molar-refractivity contribution >= 4 is 34.5 Å². The molecule has 0 aliphatic carbocycles. The van der Waals surface area contributed by atoms with Crippen LogP contribution in [0, 0.1) is 0 Å². The molecule has 0 fully saturated rings. The standard InChI is InChI=1S/C33H29N5O4S/c1-4-18-42-26-14-12-23(13-15-26)31-24(21-37(36-31)25-8-6-5-7-9-25)20-29-32(39)38-33(43-29)34-30(35-38)17-11-22-10-16-27(40-2)28(19-22)41-3/h5-17,19-21H,4,18H2,1-3H3/b17-11+,29-20-. The van der Waals surface area contributed by atoms with Crippen molar-refractivity contribution in [2.24, 2.45) is 0 Å². The summed E-state index contributed by atoms with van der Waals surface area (Å²) in [5.74, 6) is 2.52. The molecule has 0 N–H and O–H groups in total. The highest BCUT2D eigenvalue weighted by molar-refractivity contribution is 7.15. The molecule has 0 spiro atoms. The smallest absolute Gasteiger partial charge is 0.291 e. The van der Waals surface area contributed by atoms with Gasteiger partial charge in [0.15, 0.2) is 17.3 Å². The summed E-state index contributed by atoms with van der Waals surface area (Å²) >= 11 is 1.29. The highest BCUT2D eigenvalue weighted by Crippen LogP contribution is 2.29. The fourth-order valence-corrected chi connectivity index (χ4v) is 5.45. The van der Waals surface area contributed by atoms with Crippen LogP contribution in [0.15, 0.2) is 83.8 Å². The first kappa shape index (κ1) is 27.9. The third-order valence-electron chi connectivity index (χ3n) is 6.68. The Balaban J connectivity index is 1.35. The van der Waals surface area contributed by atoms with E-state index in [2.05, 4.69) is 17.0 Å². The van der Waals surface area contributed by atoms with Crippen molar-refractivity contribution in [2.45, 2.75) is 13.3 Å². The van der Waals surface area contributed by atoms with Gasteiger partial charge in [-0.2, -0.15) is 14.6 Å². The molecule has 0 aliphatic heterocycles. The quantitative estimate of drug-likeness (QED) is 0.207. The summed E-state index contributed by atoms with van der Waals surface area (Å²) in [4.78, 5) is 18.5. The average molecular weight is 592 g/mol. The predicted molar refractivity (Wildman–Crippen MR) is 169 cm³/mol. The molecule has 216 valence electrons. The van der Waals surface area contributed by atoms with Gasteiger partial charge in [0, 0.05) is 17.3 Å². The summed E-state index contributed by atoms with van der Waals surface area (Å²) < 4.78 is 20.1. The number of methoxy groups -OCH3 is 2. The van der Waals surface area contributed by atoms with E-state index in [4.69, 9.17) is 19.3 Å². The van der Waals surface area contributed by atoms with Crippen molar-refractivity contribution < 1.29 is 14.2 Å². The first-order chi connectivity index (χ1) is 21.1. The van der Waals surface area contributed by atoms with Gasteiger partial charge in [-0.05, 0) is 72.7 Å². The Labute approximate surface area is 251 Å². The molecule has 0 unspecified atom stereocenters. The van der Waals surface area contributed by atoms with Crippen LogP contribution in [0.2, 0.25) is 0 Å². The number of rotatable bonds is 10. The molecule has 3 heterocycles. The molecule has 0 atom stereocenters. The highest BCUT2D eigenvalue weighted by atomic mass is 32.1. The summed E-state index contributed by atoms with van der Waals surface area (Å²) in [6, 6.07) is 23.3. The van der Waals surface area contributed by atoms with Crippen LogP contribution >= 0.6 is 11.3 Å². The van der Waals surface area contributed by atoms with E-state index in [0.29, 0.717) is 33.4 Å². The van der Waals surface area contributed by atoms with Crippen molar-refractivity contribution in [1.82, 2.24) is 24.4 Å². The summed E-state index contributed by atoms with van der Waals surface area (Å²) in [7, 11) is 3.19. The molecular formula is C33H29N5O4S. The lowest BCUT2D eigenvalue weighted by Crippen LogP contribution is -2.23. The first-order valence-electron chi connectivity index (χ1n) is 13.8. The van der Waals surface area contributed by atoms with E-state index in [9.17, 15) is 4.79 Å². The van der Waals surface area contributed by atoms with E-state index in [0.717, 1.165) is 40.2 Å². The molecule has 0 radical (unpaired) electrons. The van der Waals surface area contributed by atoms with Crippen LogP contribution in [0.1, 0.15) is 30.3 Å². The zero-order valence-electron chi connectivity index (χ0n) is 23.9. The van der Waals surface area contributed by atoms with Crippen molar-refractivity contribution in [3.63, 3.8) is 0 Å². The maximum atomic E-state index is 13.4. The van der Waals surface area contributed by atoms with Crippen molar-refractivity contribution in [3.8, 4) is 34.2 Å². The number of hydrogen-bond acceptors (Lipinski definition) is 8. The van der Waals surface area contributed by atoms with Gasteiger partial charge in [0.25, 0.3) is 5.56 Å². The molecule has 10 heteroatoms. The van der Waals surface area contributed by atoms with E-state index in [1.165, 1.54) is 15.9 Å². The minimum absolute atomic E-state index is 0.236.